The molecule has 18 heavy (non-hydrogen) atoms. The fraction of sp³-hybridized carbons (Fsp3) is 0.692. The van der Waals surface area contributed by atoms with Crippen LogP contribution in [-0.2, 0) is 5.88 Å². The standard InChI is InChI=1S/C13H22ClN3S/c1-9(2)13-15-7-12(11(6-14)16-13)17(4)10(3)8-18-5/h7,9-10H,6,8H2,1-5H3. The van der Waals surface area contributed by atoms with Gasteiger partial charge in [0.2, 0.25) is 0 Å². The van der Waals surface area contributed by atoms with Crippen molar-refractivity contribution in [3.8, 4) is 0 Å². The summed E-state index contributed by atoms with van der Waals surface area (Å²) in [7, 11) is 2.07. The molecule has 1 aromatic rings. The van der Waals surface area contributed by atoms with Gasteiger partial charge in [-0.25, -0.2) is 9.97 Å². The minimum Gasteiger partial charge on any atom is -0.368 e. The summed E-state index contributed by atoms with van der Waals surface area (Å²) < 4.78 is 0. The first-order chi connectivity index (χ1) is 8.51. The Hall–Kier alpha value is -0.480. The minimum atomic E-state index is 0.329. The summed E-state index contributed by atoms with van der Waals surface area (Å²) >= 11 is 7.85. The number of rotatable bonds is 6. The van der Waals surface area contributed by atoms with Crippen LogP contribution in [0.4, 0.5) is 5.69 Å². The summed E-state index contributed by atoms with van der Waals surface area (Å²) in [6.45, 7) is 6.38. The lowest BCUT2D eigenvalue weighted by Gasteiger charge is -2.27. The van der Waals surface area contributed by atoms with E-state index in [1.54, 1.807) is 0 Å². The molecule has 1 heterocycles. The molecule has 0 saturated carbocycles. The third kappa shape index (κ3) is 3.75. The first kappa shape index (κ1) is 15.6. The minimum absolute atomic E-state index is 0.329. The lowest BCUT2D eigenvalue weighted by atomic mass is 10.2. The van der Waals surface area contributed by atoms with Gasteiger partial charge in [0.15, 0.2) is 0 Å². The Morgan fingerprint density at radius 1 is 1.39 bits per heavy atom. The van der Waals surface area contributed by atoms with Crippen LogP contribution in [-0.4, -0.2) is 35.1 Å². The van der Waals surface area contributed by atoms with Gasteiger partial charge in [0.05, 0.1) is 23.5 Å². The lowest BCUT2D eigenvalue weighted by Crippen LogP contribution is -2.32. The van der Waals surface area contributed by atoms with E-state index >= 15 is 0 Å². The molecule has 3 nitrogen and oxygen atoms in total. The van der Waals surface area contributed by atoms with Crippen molar-refractivity contribution in [2.45, 2.75) is 38.6 Å². The molecule has 0 aliphatic heterocycles. The van der Waals surface area contributed by atoms with Crippen molar-refractivity contribution in [3.63, 3.8) is 0 Å². The van der Waals surface area contributed by atoms with Crippen molar-refractivity contribution in [1.82, 2.24) is 9.97 Å². The highest BCUT2D eigenvalue weighted by Crippen LogP contribution is 2.23. The second-order valence-corrected chi connectivity index (χ2v) is 5.94. The van der Waals surface area contributed by atoms with Crippen LogP contribution >= 0.6 is 23.4 Å². The molecule has 102 valence electrons. The van der Waals surface area contributed by atoms with Crippen LogP contribution in [0.3, 0.4) is 0 Å². The molecule has 0 N–H and O–H groups in total. The van der Waals surface area contributed by atoms with Gasteiger partial charge in [-0.2, -0.15) is 11.8 Å². The van der Waals surface area contributed by atoms with Gasteiger partial charge in [0, 0.05) is 24.8 Å². The molecule has 0 aromatic carbocycles. The van der Waals surface area contributed by atoms with Crippen LogP contribution in [0.2, 0.25) is 0 Å². The number of hydrogen-bond donors (Lipinski definition) is 0. The fourth-order valence-electron chi connectivity index (χ4n) is 1.69. The number of halogens is 1. The van der Waals surface area contributed by atoms with Gasteiger partial charge >= 0.3 is 0 Å². The van der Waals surface area contributed by atoms with Crippen LogP contribution in [0.25, 0.3) is 0 Å². The number of thioether (sulfide) groups is 1. The number of nitrogens with zero attached hydrogens (tertiary/aromatic N) is 3. The largest absolute Gasteiger partial charge is 0.368 e. The molecular weight excluding hydrogens is 266 g/mol. The summed E-state index contributed by atoms with van der Waals surface area (Å²) in [5, 5.41) is 0. The van der Waals surface area contributed by atoms with Gasteiger partial charge in [-0.05, 0) is 13.2 Å². The SMILES string of the molecule is CSCC(C)N(C)c1cnc(C(C)C)nc1CCl. The van der Waals surface area contributed by atoms with E-state index in [0.717, 1.165) is 23.0 Å². The van der Waals surface area contributed by atoms with Crippen molar-refractivity contribution >= 4 is 29.1 Å². The van der Waals surface area contributed by atoms with Gasteiger partial charge in [-0.3, -0.25) is 0 Å². The zero-order valence-corrected chi connectivity index (χ0v) is 13.3. The molecule has 0 fully saturated rings. The fourth-order valence-corrected chi connectivity index (χ4v) is 2.59. The molecule has 0 spiro atoms. The van der Waals surface area contributed by atoms with E-state index in [-0.39, 0.29) is 0 Å². The molecule has 1 atom stereocenters. The zero-order valence-electron chi connectivity index (χ0n) is 11.8. The summed E-state index contributed by atoms with van der Waals surface area (Å²) in [4.78, 5) is 11.2. The molecule has 0 saturated heterocycles. The van der Waals surface area contributed by atoms with Crippen LogP contribution < -0.4 is 4.90 Å². The maximum Gasteiger partial charge on any atom is 0.131 e. The van der Waals surface area contributed by atoms with E-state index in [9.17, 15) is 0 Å². The van der Waals surface area contributed by atoms with Gasteiger partial charge in [0.25, 0.3) is 0 Å². The highest BCUT2D eigenvalue weighted by Gasteiger charge is 2.16. The Morgan fingerprint density at radius 3 is 2.56 bits per heavy atom. The Balaban J connectivity index is 3.01. The van der Waals surface area contributed by atoms with Gasteiger partial charge in [-0.1, -0.05) is 13.8 Å². The van der Waals surface area contributed by atoms with Crippen molar-refractivity contribution in [3.05, 3.63) is 17.7 Å². The van der Waals surface area contributed by atoms with Gasteiger partial charge in [0.1, 0.15) is 5.82 Å². The molecule has 0 aliphatic rings. The van der Waals surface area contributed by atoms with Crippen molar-refractivity contribution in [2.24, 2.45) is 0 Å². The van der Waals surface area contributed by atoms with E-state index in [1.165, 1.54) is 0 Å². The molecule has 0 amide bonds. The molecule has 1 rings (SSSR count). The van der Waals surface area contributed by atoms with Crippen molar-refractivity contribution in [1.29, 1.82) is 0 Å². The van der Waals surface area contributed by atoms with Gasteiger partial charge in [-0.15, -0.1) is 11.6 Å². The van der Waals surface area contributed by atoms with E-state index in [1.807, 2.05) is 18.0 Å². The topological polar surface area (TPSA) is 29.0 Å². The lowest BCUT2D eigenvalue weighted by molar-refractivity contribution is 0.732. The summed E-state index contributed by atoms with van der Waals surface area (Å²) in [6, 6.07) is 0.440. The first-order valence-electron chi connectivity index (χ1n) is 6.14. The third-order valence-corrected chi connectivity index (χ3v) is 4.03. The molecule has 5 heteroatoms. The van der Waals surface area contributed by atoms with Crippen molar-refractivity contribution < 1.29 is 0 Å². The third-order valence-electron chi connectivity index (χ3n) is 2.96. The smallest absolute Gasteiger partial charge is 0.131 e. The van der Waals surface area contributed by atoms with Crippen LogP contribution in [0.5, 0.6) is 0 Å². The number of alkyl halides is 1. The van der Waals surface area contributed by atoms with Crippen LogP contribution in [0, 0.1) is 0 Å². The Bertz CT molecular complexity index is 384. The second-order valence-electron chi connectivity index (χ2n) is 4.76. The summed E-state index contributed by atoms with van der Waals surface area (Å²) in [6.07, 6.45) is 4.02. The predicted octanol–water partition coefficient (Wildman–Crippen LogP) is 3.53. The Kier molecular flexibility index (Phi) is 6.22. The van der Waals surface area contributed by atoms with E-state index < -0.39 is 0 Å². The Morgan fingerprint density at radius 2 is 2.06 bits per heavy atom. The highest BCUT2D eigenvalue weighted by molar-refractivity contribution is 7.98. The quantitative estimate of drug-likeness (QED) is 0.749. The number of aromatic nitrogens is 2. The molecular formula is C13H22ClN3S. The normalized spacial score (nSPS) is 12.8. The molecule has 0 radical (unpaired) electrons. The van der Waals surface area contributed by atoms with Crippen LogP contribution in [0.1, 0.15) is 38.2 Å². The molecule has 1 unspecified atom stereocenters. The zero-order chi connectivity index (χ0) is 13.7. The molecule has 0 bridgehead atoms. The summed E-state index contributed by atoms with van der Waals surface area (Å²) in [5.74, 6) is 2.69. The molecule has 1 aromatic heterocycles. The van der Waals surface area contributed by atoms with E-state index in [0.29, 0.717) is 17.8 Å². The summed E-state index contributed by atoms with van der Waals surface area (Å²) in [5.41, 5.74) is 1.96. The second kappa shape index (κ2) is 7.19. The number of hydrogen-bond acceptors (Lipinski definition) is 4. The Labute approximate surface area is 119 Å². The highest BCUT2D eigenvalue weighted by atomic mass is 35.5. The van der Waals surface area contributed by atoms with Crippen LogP contribution in [0.15, 0.2) is 6.20 Å². The molecule has 0 aliphatic carbocycles. The predicted molar refractivity (Wildman–Crippen MR) is 81.9 cm³/mol. The average Bonchev–Trinajstić information content (AvgIpc) is 2.37. The van der Waals surface area contributed by atoms with Gasteiger partial charge < -0.3 is 4.90 Å². The van der Waals surface area contributed by atoms with Crippen molar-refractivity contribution in [2.75, 3.05) is 24.0 Å². The maximum absolute atomic E-state index is 6.01. The van der Waals surface area contributed by atoms with E-state index in [4.69, 9.17) is 11.6 Å². The monoisotopic (exact) mass is 287 g/mol. The maximum atomic E-state index is 6.01. The first-order valence-corrected chi connectivity index (χ1v) is 8.07. The van der Waals surface area contributed by atoms with E-state index in [2.05, 4.69) is 48.9 Å². The average molecular weight is 288 g/mol. The number of anilines is 1.